The minimum absolute atomic E-state index is 0.0133. The highest BCUT2D eigenvalue weighted by molar-refractivity contribution is 5.99. The second kappa shape index (κ2) is 8.03. The molecule has 1 aliphatic heterocycles. The van der Waals surface area contributed by atoms with Crippen LogP contribution in [0, 0.1) is 19.8 Å². The van der Waals surface area contributed by atoms with E-state index in [0.717, 1.165) is 22.9 Å². The van der Waals surface area contributed by atoms with Crippen LogP contribution in [0.5, 0.6) is 0 Å². The quantitative estimate of drug-likeness (QED) is 0.894. The molecule has 0 bridgehead atoms. The predicted molar refractivity (Wildman–Crippen MR) is 106 cm³/mol. The lowest BCUT2D eigenvalue weighted by atomic mass is 10.1. The molecule has 1 aromatic carbocycles. The number of aryl methyl sites for hydroxylation is 2. The van der Waals surface area contributed by atoms with Crippen LogP contribution in [0.4, 0.5) is 4.79 Å². The van der Waals surface area contributed by atoms with Crippen LogP contribution < -0.4 is 0 Å². The molecule has 2 aromatic rings. The number of nitrogens with one attached hydrogen (secondary N) is 1. The molecule has 3 rings (SSSR count). The Hall–Kier alpha value is -2.50. The van der Waals surface area contributed by atoms with Gasteiger partial charge in [0.15, 0.2) is 0 Å². The minimum Gasteiger partial charge on any atom is -0.449 e. The zero-order chi connectivity index (χ0) is 19.6. The van der Waals surface area contributed by atoms with Crippen molar-refractivity contribution < 1.29 is 14.3 Å². The molecule has 1 N–H and O–H groups in total. The summed E-state index contributed by atoms with van der Waals surface area (Å²) >= 11 is 0. The van der Waals surface area contributed by atoms with Gasteiger partial charge in [-0.25, -0.2) is 4.79 Å². The lowest BCUT2D eigenvalue weighted by Crippen LogP contribution is -2.38. The molecule has 1 saturated heterocycles. The van der Waals surface area contributed by atoms with Gasteiger partial charge in [-0.15, -0.1) is 0 Å². The van der Waals surface area contributed by atoms with E-state index in [0.29, 0.717) is 44.4 Å². The van der Waals surface area contributed by atoms with E-state index in [1.165, 1.54) is 5.56 Å². The number of ether oxygens (including phenoxy) is 1. The molecule has 0 atom stereocenters. The Balaban J connectivity index is 1.67. The number of hydrogen-bond acceptors (Lipinski definition) is 3. The first-order chi connectivity index (χ1) is 12.8. The molecule has 2 heterocycles. The van der Waals surface area contributed by atoms with E-state index in [1.54, 1.807) is 4.90 Å². The summed E-state index contributed by atoms with van der Waals surface area (Å²) in [4.78, 5) is 31.9. The van der Waals surface area contributed by atoms with Gasteiger partial charge in [-0.3, -0.25) is 4.79 Å². The van der Waals surface area contributed by atoms with Gasteiger partial charge < -0.3 is 19.5 Å². The third kappa shape index (κ3) is 4.43. The van der Waals surface area contributed by atoms with E-state index < -0.39 is 0 Å². The fourth-order valence-electron chi connectivity index (χ4n) is 3.52. The molecule has 6 nitrogen and oxygen atoms in total. The predicted octanol–water partition coefficient (Wildman–Crippen LogP) is 3.73. The maximum atomic E-state index is 13.0. The zero-order valence-corrected chi connectivity index (χ0v) is 16.7. The SMILES string of the molecule is Cc1cc(C)c2cc(C(=O)N3CCCN(C(=O)OCC(C)C)CC3)[nH]c2c1. The Morgan fingerprint density at radius 2 is 1.78 bits per heavy atom. The van der Waals surface area contributed by atoms with E-state index in [4.69, 9.17) is 4.74 Å². The van der Waals surface area contributed by atoms with Crippen LogP contribution in [-0.2, 0) is 4.74 Å². The van der Waals surface area contributed by atoms with Crippen molar-refractivity contribution >= 4 is 22.9 Å². The van der Waals surface area contributed by atoms with Gasteiger partial charge in [0.05, 0.1) is 6.61 Å². The molecule has 1 aliphatic rings. The molecule has 0 unspecified atom stereocenters. The topological polar surface area (TPSA) is 65.6 Å². The molecule has 1 fully saturated rings. The molecule has 146 valence electrons. The monoisotopic (exact) mass is 371 g/mol. The number of aromatic nitrogens is 1. The third-order valence-electron chi connectivity index (χ3n) is 4.90. The Labute approximate surface area is 160 Å². The number of carbonyl (C=O) groups is 2. The second-order valence-corrected chi connectivity index (χ2v) is 7.83. The summed E-state index contributed by atoms with van der Waals surface area (Å²) in [6.45, 7) is 10.8. The van der Waals surface area contributed by atoms with Crippen molar-refractivity contribution in [2.45, 2.75) is 34.1 Å². The lowest BCUT2D eigenvalue weighted by molar-refractivity contribution is 0.0742. The first-order valence-electron chi connectivity index (χ1n) is 9.66. The number of rotatable bonds is 3. The molecule has 0 spiro atoms. The largest absolute Gasteiger partial charge is 0.449 e. The van der Waals surface area contributed by atoms with Crippen molar-refractivity contribution in [2.75, 3.05) is 32.8 Å². The summed E-state index contributed by atoms with van der Waals surface area (Å²) in [7, 11) is 0. The number of benzene rings is 1. The van der Waals surface area contributed by atoms with Gasteiger partial charge in [-0.05, 0) is 49.4 Å². The Morgan fingerprint density at radius 1 is 1.07 bits per heavy atom. The normalized spacial score (nSPS) is 15.3. The Bertz CT molecular complexity index is 841. The molecule has 0 saturated carbocycles. The third-order valence-corrected chi connectivity index (χ3v) is 4.90. The lowest BCUT2D eigenvalue weighted by Gasteiger charge is -2.22. The van der Waals surface area contributed by atoms with Crippen molar-refractivity contribution in [3.63, 3.8) is 0 Å². The number of aromatic amines is 1. The van der Waals surface area contributed by atoms with Crippen molar-refractivity contribution in [2.24, 2.45) is 5.92 Å². The molecule has 0 radical (unpaired) electrons. The van der Waals surface area contributed by atoms with Crippen molar-refractivity contribution in [1.29, 1.82) is 0 Å². The van der Waals surface area contributed by atoms with E-state index in [2.05, 4.69) is 31.0 Å². The molecule has 0 aliphatic carbocycles. The number of H-pyrrole nitrogens is 1. The number of carbonyl (C=O) groups excluding carboxylic acids is 2. The Kier molecular flexibility index (Phi) is 5.73. The molecule has 6 heteroatoms. The van der Waals surface area contributed by atoms with E-state index in [1.807, 2.05) is 24.8 Å². The fourth-order valence-corrected chi connectivity index (χ4v) is 3.52. The first-order valence-corrected chi connectivity index (χ1v) is 9.66. The van der Waals surface area contributed by atoms with E-state index in [9.17, 15) is 9.59 Å². The molecule has 1 aromatic heterocycles. The van der Waals surface area contributed by atoms with Gasteiger partial charge in [-0.1, -0.05) is 19.9 Å². The summed E-state index contributed by atoms with van der Waals surface area (Å²) in [6, 6.07) is 6.12. The summed E-state index contributed by atoms with van der Waals surface area (Å²) in [5.41, 5.74) is 3.93. The maximum absolute atomic E-state index is 13.0. The van der Waals surface area contributed by atoms with Gasteiger partial charge in [-0.2, -0.15) is 0 Å². The highest BCUT2D eigenvalue weighted by Crippen LogP contribution is 2.22. The van der Waals surface area contributed by atoms with Crippen LogP contribution >= 0.6 is 0 Å². The number of nitrogens with zero attached hydrogens (tertiary/aromatic N) is 2. The van der Waals surface area contributed by atoms with Crippen molar-refractivity contribution in [3.8, 4) is 0 Å². The standard InChI is InChI=1S/C21H29N3O3/c1-14(2)13-27-21(26)24-7-5-6-23(8-9-24)20(25)19-12-17-16(4)10-15(3)11-18(17)22-19/h10-12,14,22H,5-9,13H2,1-4H3. The van der Waals surface area contributed by atoms with Gasteiger partial charge in [0.2, 0.25) is 0 Å². The highest BCUT2D eigenvalue weighted by atomic mass is 16.6. The second-order valence-electron chi connectivity index (χ2n) is 7.83. The van der Waals surface area contributed by atoms with Gasteiger partial charge in [0, 0.05) is 37.1 Å². The van der Waals surface area contributed by atoms with Crippen LogP contribution in [0.2, 0.25) is 0 Å². The minimum atomic E-state index is -0.283. The number of fused-ring (bicyclic) bond motifs is 1. The van der Waals surface area contributed by atoms with Gasteiger partial charge >= 0.3 is 6.09 Å². The van der Waals surface area contributed by atoms with Gasteiger partial charge in [0.25, 0.3) is 5.91 Å². The average Bonchev–Trinajstić information content (AvgIpc) is 2.88. The summed E-state index contributed by atoms with van der Waals surface area (Å²) in [5, 5.41) is 1.08. The molecular formula is C21H29N3O3. The number of amides is 2. The Morgan fingerprint density at radius 3 is 2.52 bits per heavy atom. The summed E-state index contributed by atoms with van der Waals surface area (Å²) in [6.07, 6.45) is 0.468. The maximum Gasteiger partial charge on any atom is 0.409 e. The molecule has 2 amide bonds. The molecule has 27 heavy (non-hydrogen) atoms. The van der Waals surface area contributed by atoms with Crippen LogP contribution in [0.25, 0.3) is 10.9 Å². The molecular weight excluding hydrogens is 342 g/mol. The van der Waals surface area contributed by atoms with E-state index >= 15 is 0 Å². The van der Waals surface area contributed by atoms with Gasteiger partial charge in [0.1, 0.15) is 5.69 Å². The van der Waals surface area contributed by atoms with Crippen LogP contribution in [0.15, 0.2) is 18.2 Å². The van der Waals surface area contributed by atoms with Crippen molar-refractivity contribution in [3.05, 3.63) is 35.0 Å². The highest BCUT2D eigenvalue weighted by Gasteiger charge is 2.24. The zero-order valence-electron chi connectivity index (χ0n) is 16.7. The average molecular weight is 371 g/mol. The van der Waals surface area contributed by atoms with Crippen LogP contribution in [-0.4, -0.2) is 59.6 Å². The summed E-state index contributed by atoms with van der Waals surface area (Å²) in [5.74, 6) is 0.300. The van der Waals surface area contributed by atoms with Crippen molar-refractivity contribution in [1.82, 2.24) is 14.8 Å². The van der Waals surface area contributed by atoms with Crippen LogP contribution in [0.3, 0.4) is 0 Å². The van der Waals surface area contributed by atoms with Crippen LogP contribution in [0.1, 0.15) is 41.9 Å². The number of hydrogen-bond donors (Lipinski definition) is 1. The summed E-state index contributed by atoms with van der Waals surface area (Å²) < 4.78 is 5.32. The first kappa shape index (κ1) is 19.3. The fraction of sp³-hybridized carbons (Fsp3) is 0.524. The smallest absolute Gasteiger partial charge is 0.409 e. The van der Waals surface area contributed by atoms with E-state index in [-0.39, 0.29) is 12.0 Å².